The summed E-state index contributed by atoms with van der Waals surface area (Å²) in [7, 11) is 0. The van der Waals surface area contributed by atoms with E-state index in [1.165, 1.54) is 0 Å². The van der Waals surface area contributed by atoms with Gasteiger partial charge in [-0.1, -0.05) is 41.9 Å². The number of hydrogen-bond donors (Lipinski definition) is 1. The van der Waals surface area contributed by atoms with Gasteiger partial charge in [0.05, 0.1) is 16.5 Å². The van der Waals surface area contributed by atoms with Crippen molar-refractivity contribution in [1.82, 2.24) is 14.8 Å². The van der Waals surface area contributed by atoms with Crippen molar-refractivity contribution in [2.24, 2.45) is 0 Å². The average molecular weight is 332 g/mol. The van der Waals surface area contributed by atoms with Crippen LogP contribution < -0.4 is 0 Å². The lowest BCUT2D eigenvalue weighted by molar-refractivity contribution is -0.133. The normalized spacial score (nSPS) is 10.8. The van der Waals surface area contributed by atoms with Crippen LogP contribution in [0.5, 0.6) is 0 Å². The minimum atomic E-state index is -0.912. The Morgan fingerprint density at radius 3 is 2.75 bits per heavy atom. The molecule has 106 valence electrons. The molecular weight excluding hydrogens is 321 g/mol. The lowest BCUT2D eigenvalue weighted by Crippen LogP contribution is -2.05. The lowest BCUT2D eigenvalue weighted by Gasteiger charge is -2.10. The van der Waals surface area contributed by atoms with E-state index < -0.39 is 5.97 Å². The van der Waals surface area contributed by atoms with Gasteiger partial charge in [0.2, 0.25) is 0 Å². The smallest absolute Gasteiger partial charge is 0.313 e. The molecule has 1 N–H and O–H groups in total. The molecule has 8 heteroatoms. The average Bonchev–Trinajstić information content (AvgIpc) is 2.79. The summed E-state index contributed by atoms with van der Waals surface area (Å²) < 4.78 is 1.76. The van der Waals surface area contributed by atoms with Crippen molar-refractivity contribution in [2.75, 3.05) is 5.75 Å². The molecule has 0 unspecified atom stereocenters. The number of carboxylic acid groups (broad SMARTS) is 1. The first-order valence-corrected chi connectivity index (χ1v) is 7.51. The van der Waals surface area contributed by atoms with Crippen molar-refractivity contribution >= 4 is 40.9 Å². The highest BCUT2D eigenvalue weighted by molar-refractivity contribution is 7.99. The van der Waals surface area contributed by atoms with E-state index in [1.807, 2.05) is 6.92 Å². The summed E-state index contributed by atoms with van der Waals surface area (Å²) in [6, 6.07) is 5.11. The molecule has 0 bridgehead atoms. The van der Waals surface area contributed by atoms with E-state index in [1.54, 1.807) is 22.8 Å². The molecule has 0 atom stereocenters. The third kappa shape index (κ3) is 3.26. The number of carbonyl (C=O) groups is 1. The Balaban J connectivity index is 2.47. The largest absolute Gasteiger partial charge is 0.481 e. The van der Waals surface area contributed by atoms with Crippen molar-refractivity contribution in [3.05, 3.63) is 34.1 Å². The highest BCUT2D eigenvalue weighted by Gasteiger charge is 2.16. The molecule has 0 aliphatic heterocycles. The molecule has 0 amide bonds. The number of thioether (sulfide) groups is 1. The van der Waals surface area contributed by atoms with Crippen LogP contribution in [0, 0.1) is 0 Å². The molecule has 5 nitrogen and oxygen atoms in total. The van der Waals surface area contributed by atoms with Gasteiger partial charge in [0, 0.05) is 11.4 Å². The zero-order chi connectivity index (χ0) is 14.7. The Morgan fingerprint density at radius 2 is 2.15 bits per heavy atom. The number of carboxylic acids is 1. The topological polar surface area (TPSA) is 68.0 Å². The van der Waals surface area contributed by atoms with Crippen LogP contribution in [0.2, 0.25) is 10.0 Å². The Morgan fingerprint density at radius 1 is 1.40 bits per heavy atom. The lowest BCUT2D eigenvalue weighted by atomic mass is 10.3. The second-order valence-electron chi connectivity index (χ2n) is 3.87. The van der Waals surface area contributed by atoms with E-state index in [0.29, 0.717) is 33.1 Å². The van der Waals surface area contributed by atoms with Gasteiger partial charge >= 0.3 is 5.97 Å². The second kappa shape index (κ2) is 6.47. The molecule has 0 fully saturated rings. The van der Waals surface area contributed by atoms with Crippen molar-refractivity contribution in [2.45, 2.75) is 18.5 Å². The van der Waals surface area contributed by atoms with E-state index in [-0.39, 0.29) is 5.75 Å². The fourth-order valence-electron chi connectivity index (χ4n) is 1.65. The molecule has 0 radical (unpaired) electrons. The maximum atomic E-state index is 10.7. The fraction of sp³-hybridized carbons (Fsp3) is 0.250. The van der Waals surface area contributed by atoms with Crippen molar-refractivity contribution < 1.29 is 9.90 Å². The SMILES string of the molecule is CCc1nnc(SCC(=O)O)n1-c1ccc(Cl)cc1Cl. The van der Waals surface area contributed by atoms with Gasteiger partial charge in [-0.2, -0.15) is 0 Å². The van der Waals surface area contributed by atoms with E-state index in [0.717, 1.165) is 11.8 Å². The number of nitrogens with zero attached hydrogens (tertiary/aromatic N) is 3. The zero-order valence-corrected chi connectivity index (χ0v) is 12.8. The van der Waals surface area contributed by atoms with E-state index in [2.05, 4.69) is 10.2 Å². The molecule has 0 aliphatic rings. The standard InChI is InChI=1S/C12H11Cl2N3O2S/c1-2-10-15-16-12(20-6-11(18)19)17(10)9-4-3-7(13)5-8(9)14/h3-5H,2,6H2,1H3,(H,18,19). The first-order valence-electron chi connectivity index (χ1n) is 5.77. The van der Waals surface area contributed by atoms with Crippen LogP contribution in [0.25, 0.3) is 5.69 Å². The van der Waals surface area contributed by atoms with Gasteiger partial charge in [-0.25, -0.2) is 0 Å². The predicted octanol–water partition coefficient (Wildman–Crippen LogP) is 3.31. The Hall–Kier alpha value is -1.24. The van der Waals surface area contributed by atoms with Crippen LogP contribution in [0.4, 0.5) is 0 Å². The maximum Gasteiger partial charge on any atom is 0.313 e. The minimum Gasteiger partial charge on any atom is -0.481 e. The predicted molar refractivity (Wildman–Crippen MR) is 79.1 cm³/mol. The van der Waals surface area contributed by atoms with Gasteiger partial charge in [0.1, 0.15) is 5.82 Å². The molecule has 1 aromatic heterocycles. The van der Waals surface area contributed by atoms with Gasteiger partial charge in [-0.3, -0.25) is 9.36 Å². The summed E-state index contributed by atoms with van der Waals surface area (Å²) in [5.41, 5.74) is 0.686. The Labute approximate surface area is 129 Å². The molecular formula is C12H11Cl2N3O2S. The summed E-state index contributed by atoms with van der Waals surface area (Å²) in [5, 5.41) is 18.3. The van der Waals surface area contributed by atoms with Crippen LogP contribution in [-0.2, 0) is 11.2 Å². The number of rotatable bonds is 5. The number of aromatic nitrogens is 3. The molecule has 1 aromatic carbocycles. The van der Waals surface area contributed by atoms with Gasteiger partial charge in [0.25, 0.3) is 0 Å². The van der Waals surface area contributed by atoms with Gasteiger partial charge < -0.3 is 5.11 Å². The van der Waals surface area contributed by atoms with Crippen molar-refractivity contribution in [1.29, 1.82) is 0 Å². The zero-order valence-electron chi connectivity index (χ0n) is 10.5. The third-order valence-corrected chi connectivity index (χ3v) is 3.94. The van der Waals surface area contributed by atoms with Gasteiger partial charge in [-0.15, -0.1) is 10.2 Å². The van der Waals surface area contributed by atoms with Crippen LogP contribution in [-0.4, -0.2) is 31.6 Å². The van der Waals surface area contributed by atoms with Crippen LogP contribution in [0.15, 0.2) is 23.4 Å². The number of aliphatic carboxylic acids is 1. The summed E-state index contributed by atoms with van der Waals surface area (Å²) in [5.74, 6) is -0.292. The molecule has 0 spiro atoms. The van der Waals surface area contributed by atoms with Gasteiger partial charge in [0.15, 0.2) is 5.16 Å². The molecule has 0 aliphatic carbocycles. The molecule has 0 saturated carbocycles. The van der Waals surface area contributed by atoms with E-state index in [9.17, 15) is 4.79 Å². The number of benzene rings is 1. The first kappa shape index (κ1) is 15.2. The molecule has 2 aromatic rings. The summed E-state index contributed by atoms with van der Waals surface area (Å²) in [6.07, 6.45) is 0.652. The quantitative estimate of drug-likeness (QED) is 0.851. The maximum absolute atomic E-state index is 10.7. The summed E-state index contributed by atoms with van der Waals surface area (Å²) in [4.78, 5) is 10.7. The molecule has 2 rings (SSSR count). The molecule has 1 heterocycles. The second-order valence-corrected chi connectivity index (χ2v) is 5.65. The highest BCUT2D eigenvalue weighted by atomic mass is 35.5. The van der Waals surface area contributed by atoms with Crippen LogP contribution >= 0.6 is 35.0 Å². The van der Waals surface area contributed by atoms with Gasteiger partial charge in [-0.05, 0) is 18.2 Å². The minimum absolute atomic E-state index is 0.0902. The summed E-state index contributed by atoms with van der Waals surface area (Å²) in [6.45, 7) is 1.94. The third-order valence-electron chi connectivity index (χ3n) is 2.49. The summed E-state index contributed by atoms with van der Waals surface area (Å²) >= 11 is 13.2. The van der Waals surface area contributed by atoms with Crippen molar-refractivity contribution in [3.8, 4) is 5.69 Å². The monoisotopic (exact) mass is 331 g/mol. The van der Waals surface area contributed by atoms with Crippen LogP contribution in [0.3, 0.4) is 0 Å². The van der Waals surface area contributed by atoms with Crippen LogP contribution in [0.1, 0.15) is 12.7 Å². The number of hydrogen-bond acceptors (Lipinski definition) is 4. The number of halogens is 2. The Kier molecular flexibility index (Phi) is 4.91. The molecule has 0 saturated heterocycles. The molecule has 20 heavy (non-hydrogen) atoms. The van der Waals surface area contributed by atoms with E-state index in [4.69, 9.17) is 28.3 Å². The van der Waals surface area contributed by atoms with E-state index >= 15 is 0 Å². The Bertz CT molecular complexity index is 646. The number of aryl methyl sites for hydroxylation is 1. The highest BCUT2D eigenvalue weighted by Crippen LogP contribution is 2.29. The fourth-order valence-corrected chi connectivity index (χ4v) is 2.83. The van der Waals surface area contributed by atoms with Crippen molar-refractivity contribution in [3.63, 3.8) is 0 Å². The first-order chi connectivity index (χ1) is 9.52.